The van der Waals surface area contributed by atoms with Crippen molar-refractivity contribution < 1.29 is 18.3 Å². The van der Waals surface area contributed by atoms with E-state index in [0.717, 1.165) is 0 Å². The van der Waals surface area contributed by atoms with Crippen molar-refractivity contribution >= 4 is 16.0 Å². The molecule has 106 valence electrons. The molecule has 1 saturated heterocycles. The summed E-state index contributed by atoms with van der Waals surface area (Å²) in [7, 11) is -3.67. The van der Waals surface area contributed by atoms with Gasteiger partial charge < -0.3 is 5.11 Å². The largest absolute Gasteiger partial charge is 0.481 e. The average molecular weight is 287 g/mol. The Labute approximate surface area is 111 Å². The second-order valence-corrected chi connectivity index (χ2v) is 6.82. The summed E-state index contributed by atoms with van der Waals surface area (Å²) in [5, 5.41) is 13.2. The SMILES string of the molecule is CCn1nccc1S(=O)(=O)N1CCC(C)(C(=O)O)C1. The number of aliphatic carboxylic acids is 1. The molecule has 0 amide bonds. The minimum absolute atomic E-state index is 0.000436. The molecular weight excluding hydrogens is 270 g/mol. The molecule has 2 heterocycles. The van der Waals surface area contributed by atoms with Crippen LogP contribution in [-0.4, -0.2) is 46.7 Å². The Hall–Kier alpha value is -1.41. The molecule has 8 heteroatoms. The van der Waals surface area contributed by atoms with E-state index in [1.807, 2.05) is 0 Å². The lowest BCUT2D eigenvalue weighted by atomic mass is 9.90. The van der Waals surface area contributed by atoms with E-state index >= 15 is 0 Å². The molecule has 1 aliphatic rings. The van der Waals surface area contributed by atoms with Gasteiger partial charge in [0.2, 0.25) is 0 Å². The molecule has 1 aliphatic heterocycles. The zero-order chi connectivity index (χ0) is 14.3. The molecule has 0 bridgehead atoms. The summed E-state index contributed by atoms with van der Waals surface area (Å²) in [6.45, 7) is 4.05. The fraction of sp³-hybridized carbons (Fsp3) is 0.636. The summed E-state index contributed by atoms with van der Waals surface area (Å²) in [5.41, 5.74) is -1.01. The highest BCUT2D eigenvalue weighted by atomic mass is 32.2. The van der Waals surface area contributed by atoms with Crippen LogP contribution in [0.4, 0.5) is 0 Å². The highest BCUT2D eigenvalue weighted by molar-refractivity contribution is 7.89. The third kappa shape index (κ3) is 2.25. The van der Waals surface area contributed by atoms with E-state index in [9.17, 15) is 13.2 Å². The molecule has 0 aliphatic carbocycles. The lowest BCUT2D eigenvalue weighted by molar-refractivity contribution is -0.146. The van der Waals surface area contributed by atoms with Gasteiger partial charge in [0.25, 0.3) is 10.0 Å². The summed E-state index contributed by atoms with van der Waals surface area (Å²) < 4.78 is 27.5. The minimum atomic E-state index is -3.67. The van der Waals surface area contributed by atoms with E-state index in [4.69, 9.17) is 5.11 Å². The van der Waals surface area contributed by atoms with Gasteiger partial charge in [-0.15, -0.1) is 0 Å². The fourth-order valence-electron chi connectivity index (χ4n) is 2.21. The number of carboxylic acid groups (broad SMARTS) is 1. The Morgan fingerprint density at radius 1 is 1.58 bits per heavy atom. The molecule has 7 nitrogen and oxygen atoms in total. The summed E-state index contributed by atoms with van der Waals surface area (Å²) in [5.74, 6) is -0.964. The first-order valence-electron chi connectivity index (χ1n) is 6.06. The Balaban J connectivity index is 2.31. The number of hydrogen-bond acceptors (Lipinski definition) is 4. The molecule has 19 heavy (non-hydrogen) atoms. The van der Waals surface area contributed by atoms with Crippen LogP contribution in [0.3, 0.4) is 0 Å². The second kappa shape index (κ2) is 4.61. The van der Waals surface area contributed by atoms with E-state index in [-0.39, 0.29) is 18.1 Å². The standard InChI is InChI=1S/C11H17N3O4S/c1-3-14-9(4-6-12-14)19(17,18)13-7-5-11(2,8-13)10(15)16/h4,6H,3,5,7-8H2,1-2H3,(H,15,16). The summed E-state index contributed by atoms with van der Waals surface area (Å²) in [4.78, 5) is 11.2. The lowest BCUT2D eigenvalue weighted by Crippen LogP contribution is -2.35. The molecule has 2 rings (SSSR count). The van der Waals surface area contributed by atoms with Crippen molar-refractivity contribution in [2.45, 2.75) is 31.8 Å². The quantitative estimate of drug-likeness (QED) is 0.864. The van der Waals surface area contributed by atoms with Crippen LogP contribution in [0.25, 0.3) is 0 Å². The molecule has 0 spiro atoms. The van der Waals surface area contributed by atoms with Crippen molar-refractivity contribution in [3.8, 4) is 0 Å². The van der Waals surface area contributed by atoms with Gasteiger partial charge >= 0.3 is 5.97 Å². The Morgan fingerprint density at radius 2 is 2.26 bits per heavy atom. The highest BCUT2D eigenvalue weighted by Crippen LogP contribution is 2.33. The third-order valence-corrected chi connectivity index (χ3v) is 5.40. The number of rotatable bonds is 4. The summed E-state index contributed by atoms with van der Waals surface area (Å²) in [6, 6.07) is 1.44. The molecule has 0 aromatic carbocycles. The number of aromatic nitrogens is 2. The van der Waals surface area contributed by atoms with E-state index in [2.05, 4.69) is 5.10 Å². The zero-order valence-corrected chi connectivity index (χ0v) is 11.7. The second-order valence-electron chi connectivity index (χ2n) is 4.94. The Bertz CT molecular complexity index is 595. The van der Waals surface area contributed by atoms with Crippen LogP contribution in [0.5, 0.6) is 0 Å². The van der Waals surface area contributed by atoms with E-state index in [1.54, 1.807) is 13.8 Å². The van der Waals surface area contributed by atoms with Gasteiger partial charge in [-0.2, -0.15) is 9.40 Å². The number of aryl methyl sites for hydroxylation is 1. The van der Waals surface area contributed by atoms with Crippen LogP contribution in [0, 0.1) is 5.41 Å². The van der Waals surface area contributed by atoms with Crippen LogP contribution in [-0.2, 0) is 21.4 Å². The van der Waals surface area contributed by atoms with Crippen molar-refractivity contribution in [2.24, 2.45) is 5.41 Å². The predicted octanol–water partition coefficient (Wildman–Crippen LogP) is 0.388. The van der Waals surface area contributed by atoms with Crippen molar-refractivity contribution in [1.29, 1.82) is 0 Å². The lowest BCUT2D eigenvalue weighted by Gasteiger charge is -2.20. The van der Waals surface area contributed by atoms with Gasteiger partial charge in [-0.3, -0.25) is 9.48 Å². The first kappa shape index (κ1) is 14.0. The summed E-state index contributed by atoms with van der Waals surface area (Å²) in [6.07, 6.45) is 1.75. The van der Waals surface area contributed by atoms with Crippen LogP contribution >= 0.6 is 0 Å². The maximum Gasteiger partial charge on any atom is 0.310 e. The normalized spacial score (nSPS) is 24.7. The maximum atomic E-state index is 12.5. The number of carbonyl (C=O) groups is 1. The van der Waals surface area contributed by atoms with Gasteiger partial charge in [0.15, 0.2) is 5.03 Å². The molecule has 1 N–H and O–H groups in total. The van der Waals surface area contributed by atoms with Gasteiger partial charge in [0, 0.05) is 19.6 Å². The molecule has 1 aromatic heterocycles. The van der Waals surface area contributed by atoms with E-state index < -0.39 is 21.4 Å². The van der Waals surface area contributed by atoms with Crippen molar-refractivity contribution in [3.63, 3.8) is 0 Å². The number of carboxylic acids is 1. The minimum Gasteiger partial charge on any atom is -0.481 e. The highest BCUT2D eigenvalue weighted by Gasteiger charge is 2.45. The third-order valence-electron chi connectivity index (χ3n) is 3.54. The Morgan fingerprint density at radius 3 is 2.79 bits per heavy atom. The molecular formula is C11H17N3O4S. The van der Waals surface area contributed by atoms with Crippen molar-refractivity contribution in [2.75, 3.05) is 13.1 Å². The molecule has 1 unspecified atom stereocenters. The van der Waals surface area contributed by atoms with Crippen molar-refractivity contribution in [3.05, 3.63) is 12.3 Å². The monoisotopic (exact) mass is 287 g/mol. The molecule has 1 aromatic rings. The molecule has 0 radical (unpaired) electrons. The molecule has 1 atom stereocenters. The van der Waals surface area contributed by atoms with Gasteiger partial charge in [-0.05, 0) is 26.3 Å². The van der Waals surface area contributed by atoms with Crippen LogP contribution in [0.2, 0.25) is 0 Å². The maximum absolute atomic E-state index is 12.5. The van der Waals surface area contributed by atoms with Gasteiger partial charge in [0.05, 0.1) is 11.6 Å². The van der Waals surface area contributed by atoms with Gasteiger partial charge in [0.1, 0.15) is 0 Å². The first-order chi connectivity index (χ1) is 8.81. The van der Waals surface area contributed by atoms with E-state index in [0.29, 0.717) is 13.0 Å². The number of sulfonamides is 1. The predicted molar refractivity (Wildman–Crippen MR) is 67.0 cm³/mol. The van der Waals surface area contributed by atoms with E-state index in [1.165, 1.54) is 21.3 Å². The first-order valence-corrected chi connectivity index (χ1v) is 7.50. The Kier molecular flexibility index (Phi) is 3.40. The zero-order valence-electron chi connectivity index (χ0n) is 10.9. The average Bonchev–Trinajstić information content (AvgIpc) is 2.95. The van der Waals surface area contributed by atoms with Crippen LogP contribution < -0.4 is 0 Å². The number of hydrogen-bond donors (Lipinski definition) is 1. The fourth-order valence-corrected chi connectivity index (χ4v) is 3.93. The smallest absolute Gasteiger partial charge is 0.310 e. The molecule has 1 fully saturated rings. The summed E-state index contributed by atoms with van der Waals surface area (Å²) >= 11 is 0. The topological polar surface area (TPSA) is 92.5 Å². The van der Waals surface area contributed by atoms with Crippen LogP contribution in [0.15, 0.2) is 17.3 Å². The van der Waals surface area contributed by atoms with Crippen LogP contribution in [0.1, 0.15) is 20.3 Å². The van der Waals surface area contributed by atoms with Gasteiger partial charge in [-0.25, -0.2) is 8.42 Å². The molecule has 0 saturated carbocycles. The van der Waals surface area contributed by atoms with Crippen molar-refractivity contribution in [1.82, 2.24) is 14.1 Å². The number of nitrogens with zero attached hydrogens (tertiary/aromatic N) is 3. The van der Waals surface area contributed by atoms with Gasteiger partial charge in [-0.1, -0.05) is 0 Å².